The number of aryl methyl sites for hydroxylation is 3. The van der Waals surface area contributed by atoms with Crippen LogP contribution in [-0.2, 0) is 0 Å². The molecule has 0 saturated carbocycles. The summed E-state index contributed by atoms with van der Waals surface area (Å²) >= 11 is 0. The smallest absolute Gasteiger partial charge is 0.0178 e. The lowest BCUT2D eigenvalue weighted by molar-refractivity contribution is 0.416. The Bertz CT molecular complexity index is 489. The molecule has 1 aromatic carbocycles. The fourth-order valence-corrected chi connectivity index (χ4v) is 2.50. The molecule has 0 aliphatic carbocycles. The second kappa shape index (κ2) is 6.92. The van der Waals surface area contributed by atoms with E-state index in [2.05, 4.69) is 66.0 Å². The van der Waals surface area contributed by atoms with E-state index in [4.69, 9.17) is 0 Å². The van der Waals surface area contributed by atoms with Crippen LogP contribution in [0.4, 0.5) is 0 Å². The summed E-state index contributed by atoms with van der Waals surface area (Å²) in [5, 5.41) is 0. The van der Waals surface area contributed by atoms with Gasteiger partial charge in [-0.15, -0.1) is 6.58 Å². The third kappa shape index (κ3) is 4.67. The normalized spacial score (nSPS) is 11.4. The minimum atomic E-state index is 0.262. The molecule has 0 radical (unpaired) electrons. The van der Waals surface area contributed by atoms with Crippen LogP contribution in [0.5, 0.6) is 0 Å². The molecular formula is C20H30. The first kappa shape index (κ1) is 16.8. The summed E-state index contributed by atoms with van der Waals surface area (Å²) in [6.07, 6.45) is 6.81. The largest absolute Gasteiger partial charge is 0.103 e. The third-order valence-corrected chi connectivity index (χ3v) is 4.32. The van der Waals surface area contributed by atoms with Gasteiger partial charge in [0.2, 0.25) is 0 Å². The molecule has 0 fully saturated rings. The number of hydrogen-bond donors (Lipinski definition) is 0. The number of rotatable bonds is 7. The number of benzene rings is 1. The summed E-state index contributed by atoms with van der Waals surface area (Å²) in [5.74, 6) is 0. The van der Waals surface area contributed by atoms with Crippen molar-refractivity contribution in [1.29, 1.82) is 0 Å². The summed E-state index contributed by atoms with van der Waals surface area (Å²) in [6, 6.07) is 4.57. The maximum absolute atomic E-state index is 4.29. The Morgan fingerprint density at radius 3 is 2.25 bits per heavy atom. The molecule has 110 valence electrons. The lowest BCUT2D eigenvalue weighted by Gasteiger charge is -2.19. The van der Waals surface area contributed by atoms with Crippen molar-refractivity contribution in [1.82, 2.24) is 0 Å². The van der Waals surface area contributed by atoms with Gasteiger partial charge in [0.05, 0.1) is 0 Å². The van der Waals surface area contributed by atoms with E-state index in [0.717, 1.165) is 6.42 Å². The van der Waals surface area contributed by atoms with Gasteiger partial charge in [-0.25, -0.2) is 0 Å². The van der Waals surface area contributed by atoms with Crippen LogP contribution in [0.15, 0.2) is 31.4 Å². The van der Waals surface area contributed by atoms with E-state index in [0.29, 0.717) is 0 Å². The first-order valence-corrected chi connectivity index (χ1v) is 7.66. The van der Waals surface area contributed by atoms with Gasteiger partial charge in [-0.1, -0.05) is 45.1 Å². The van der Waals surface area contributed by atoms with Crippen molar-refractivity contribution in [3.05, 3.63) is 53.6 Å². The second-order valence-electron chi connectivity index (χ2n) is 6.75. The van der Waals surface area contributed by atoms with Crippen molar-refractivity contribution in [3.8, 4) is 0 Å². The van der Waals surface area contributed by atoms with Gasteiger partial charge in [0.1, 0.15) is 0 Å². The van der Waals surface area contributed by atoms with Crippen molar-refractivity contribution in [2.24, 2.45) is 5.41 Å². The predicted octanol–water partition coefficient (Wildman–Crippen LogP) is 6.40. The Morgan fingerprint density at radius 2 is 1.65 bits per heavy atom. The van der Waals surface area contributed by atoms with Gasteiger partial charge in [0.25, 0.3) is 0 Å². The molecule has 0 bridgehead atoms. The Hall–Kier alpha value is -1.30. The highest BCUT2D eigenvalue weighted by atomic mass is 14.2. The molecule has 0 aromatic heterocycles. The van der Waals surface area contributed by atoms with E-state index in [1.807, 2.05) is 0 Å². The number of hydrogen-bond acceptors (Lipinski definition) is 0. The summed E-state index contributed by atoms with van der Waals surface area (Å²) in [7, 11) is 0. The van der Waals surface area contributed by atoms with Crippen LogP contribution in [0.1, 0.15) is 61.8 Å². The van der Waals surface area contributed by atoms with Crippen LogP contribution in [-0.4, -0.2) is 0 Å². The lowest BCUT2D eigenvalue weighted by Crippen LogP contribution is -2.06. The molecule has 1 rings (SSSR count). The second-order valence-corrected chi connectivity index (χ2v) is 6.75. The first-order chi connectivity index (χ1) is 9.26. The van der Waals surface area contributed by atoms with Gasteiger partial charge in [-0.2, -0.15) is 0 Å². The van der Waals surface area contributed by atoms with Crippen LogP contribution in [0, 0.1) is 26.2 Å². The molecule has 0 nitrogen and oxygen atoms in total. The average Bonchev–Trinajstić information content (AvgIpc) is 2.38. The minimum Gasteiger partial charge on any atom is -0.103 e. The summed E-state index contributed by atoms with van der Waals surface area (Å²) in [6.45, 7) is 19.2. The van der Waals surface area contributed by atoms with E-state index in [1.54, 1.807) is 0 Å². The van der Waals surface area contributed by atoms with Crippen LogP contribution >= 0.6 is 0 Å². The van der Waals surface area contributed by atoms with Crippen molar-refractivity contribution in [2.45, 2.75) is 60.3 Å². The first-order valence-electron chi connectivity index (χ1n) is 7.66. The maximum atomic E-state index is 4.29. The molecule has 0 aliphatic rings. The SMILES string of the molecule is C=CC(C)(C)CCCCC(=C)c1cc(C)c(C)cc1C. The van der Waals surface area contributed by atoms with Gasteiger partial charge in [-0.3, -0.25) is 0 Å². The number of allylic oxidation sites excluding steroid dienone is 2. The monoisotopic (exact) mass is 270 g/mol. The van der Waals surface area contributed by atoms with E-state index in [-0.39, 0.29) is 5.41 Å². The minimum absolute atomic E-state index is 0.262. The van der Waals surface area contributed by atoms with E-state index >= 15 is 0 Å². The Kier molecular flexibility index (Phi) is 5.80. The lowest BCUT2D eigenvalue weighted by atomic mass is 9.86. The van der Waals surface area contributed by atoms with Crippen LogP contribution in [0.2, 0.25) is 0 Å². The highest BCUT2D eigenvalue weighted by molar-refractivity contribution is 5.67. The van der Waals surface area contributed by atoms with Crippen LogP contribution in [0.3, 0.4) is 0 Å². The molecule has 0 heterocycles. The van der Waals surface area contributed by atoms with Crippen molar-refractivity contribution < 1.29 is 0 Å². The van der Waals surface area contributed by atoms with Gasteiger partial charge in [-0.05, 0) is 73.3 Å². The molecule has 20 heavy (non-hydrogen) atoms. The molecule has 1 aromatic rings. The number of unbranched alkanes of at least 4 members (excludes halogenated alkanes) is 1. The molecule has 0 heteroatoms. The van der Waals surface area contributed by atoms with Crippen LogP contribution < -0.4 is 0 Å². The summed E-state index contributed by atoms with van der Waals surface area (Å²) in [4.78, 5) is 0. The topological polar surface area (TPSA) is 0 Å². The summed E-state index contributed by atoms with van der Waals surface area (Å²) in [5.41, 5.74) is 6.96. The zero-order valence-electron chi connectivity index (χ0n) is 14.0. The van der Waals surface area contributed by atoms with Gasteiger partial charge in [0.15, 0.2) is 0 Å². The van der Waals surface area contributed by atoms with Crippen molar-refractivity contribution >= 4 is 5.57 Å². The molecule has 0 spiro atoms. The molecular weight excluding hydrogens is 240 g/mol. The van der Waals surface area contributed by atoms with E-state index in [1.165, 1.54) is 47.1 Å². The fraction of sp³-hybridized carbons (Fsp3) is 0.500. The van der Waals surface area contributed by atoms with Gasteiger partial charge in [0, 0.05) is 0 Å². The molecule has 0 aliphatic heterocycles. The molecule has 0 amide bonds. The Balaban J connectivity index is 2.56. The molecule has 0 atom stereocenters. The molecule has 0 N–H and O–H groups in total. The quantitative estimate of drug-likeness (QED) is 0.397. The molecule has 0 unspecified atom stereocenters. The Morgan fingerprint density at radius 1 is 1.05 bits per heavy atom. The molecule has 0 saturated heterocycles. The average molecular weight is 270 g/mol. The fourth-order valence-electron chi connectivity index (χ4n) is 2.50. The zero-order chi connectivity index (χ0) is 15.3. The highest BCUT2D eigenvalue weighted by Crippen LogP contribution is 2.28. The predicted molar refractivity (Wildman–Crippen MR) is 92.1 cm³/mol. The highest BCUT2D eigenvalue weighted by Gasteiger charge is 2.12. The third-order valence-electron chi connectivity index (χ3n) is 4.32. The van der Waals surface area contributed by atoms with Crippen molar-refractivity contribution in [3.63, 3.8) is 0 Å². The van der Waals surface area contributed by atoms with E-state index in [9.17, 15) is 0 Å². The van der Waals surface area contributed by atoms with Crippen LogP contribution in [0.25, 0.3) is 5.57 Å². The summed E-state index contributed by atoms with van der Waals surface area (Å²) < 4.78 is 0. The zero-order valence-corrected chi connectivity index (χ0v) is 14.0. The van der Waals surface area contributed by atoms with Crippen molar-refractivity contribution in [2.75, 3.05) is 0 Å². The Labute approximate surface area is 125 Å². The van der Waals surface area contributed by atoms with Gasteiger partial charge < -0.3 is 0 Å². The standard InChI is InChI=1S/C20H30/c1-8-20(6,7)12-10-9-11-15(2)19-14-17(4)16(3)13-18(19)5/h8,13-14H,1-2,9-12H2,3-7H3. The van der Waals surface area contributed by atoms with Gasteiger partial charge >= 0.3 is 0 Å². The maximum Gasteiger partial charge on any atom is -0.0178 e. The van der Waals surface area contributed by atoms with E-state index < -0.39 is 0 Å².